The summed E-state index contributed by atoms with van der Waals surface area (Å²) >= 11 is 0. The van der Waals surface area contributed by atoms with Crippen LogP contribution in [0.4, 0.5) is 17.3 Å². The van der Waals surface area contributed by atoms with Crippen LogP contribution in [0, 0.1) is 6.92 Å². The molecule has 0 aliphatic rings. The Kier molecular flexibility index (Phi) is 6.03. The molecule has 7 nitrogen and oxygen atoms in total. The number of unbranched alkanes of at least 4 members (excludes halogenated alkanes) is 2. The number of hydrogen-bond acceptors (Lipinski definition) is 5. The quantitative estimate of drug-likeness (QED) is 0.606. The van der Waals surface area contributed by atoms with E-state index >= 15 is 0 Å². The molecular formula is C21H25N5O2. The van der Waals surface area contributed by atoms with Gasteiger partial charge in [-0.05, 0) is 37.1 Å². The summed E-state index contributed by atoms with van der Waals surface area (Å²) in [6.45, 7) is 6.17. The Morgan fingerprint density at radius 1 is 1.18 bits per heavy atom. The first-order valence-corrected chi connectivity index (χ1v) is 9.50. The fraction of sp³-hybridized carbons (Fsp3) is 0.333. The third-order valence-electron chi connectivity index (χ3n) is 4.51. The van der Waals surface area contributed by atoms with Crippen LogP contribution in [-0.4, -0.2) is 20.4 Å². The molecule has 0 saturated carbocycles. The number of nitrogens with one attached hydrogen (secondary N) is 2. The lowest BCUT2D eigenvalue weighted by Gasteiger charge is -2.12. The molecule has 0 unspecified atom stereocenters. The minimum absolute atomic E-state index is 0.0588. The van der Waals surface area contributed by atoms with Gasteiger partial charge in [-0.1, -0.05) is 25.8 Å². The molecule has 0 atom stereocenters. The van der Waals surface area contributed by atoms with Crippen molar-refractivity contribution < 1.29 is 4.79 Å². The van der Waals surface area contributed by atoms with Crippen LogP contribution in [-0.2, 0) is 11.3 Å². The Labute approximate surface area is 163 Å². The number of hydrogen-bond donors (Lipinski definition) is 2. The summed E-state index contributed by atoms with van der Waals surface area (Å²) in [7, 11) is 0. The summed E-state index contributed by atoms with van der Waals surface area (Å²) in [5.74, 6) is 0.276. The first kappa shape index (κ1) is 19.5. The average Bonchev–Trinajstić information content (AvgIpc) is 2.66. The molecule has 1 aromatic carbocycles. The molecule has 0 radical (unpaired) electrons. The Balaban J connectivity index is 1.93. The van der Waals surface area contributed by atoms with Gasteiger partial charge in [-0.2, -0.15) is 4.98 Å². The molecule has 0 aliphatic heterocycles. The van der Waals surface area contributed by atoms with Crippen LogP contribution in [0.1, 0.15) is 38.7 Å². The number of amides is 1. The summed E-state index contributed by atoms with van der Waals surface area (Å²) in [5, 5.41) is 6.79. The fourth-order valence-electron chi connectivity index (χ4n) is 3.02. The van der Waals surface area contributed by atoms with Crippen LogP contribution in [0.2, 0.25) is 0 Å². The number of aromatic nitrogens is 3. The largest absolute Gasteiger partial charge is 0.326 e. The molecule has 2 heterocycles. The van der Waals surface area contributed by atoms with Gasteiger partial charge in [0.2, 0.25) is 11.9 Å². The number of rotatable bonds is 7. The van der Waals surface area contributed by atoms with Gasteiger partial charge in [-0.3, -0.25) is 14.2 Å². The summed E-state index contributed by atoms with van der Waals surface area (Å²) in [6, 6.07) is 8.95. The Hall–Kier alpha value is -3.22. The molecule has 1 amide bonds. The summed E-state index contributed by atoms with van der Waals surface area (Å²) < 4.78 is 1.70. The highest BCUT2D eigenvalue weighted by molar-refractivity contribution is 5.90. The highest BCUT2D eigenvalue weighted by Crippen LogP contribution is 2.23. The molecule has 2 N–H and O–H groups in total. The Bertz CT molecular complexity index is 1060. The van der Waals surface area contributed by atoms with Crippen molar-refractivity contribution in [2.24, 2.45) is 0 Å². The molecule has 28 heavy (non-hydrogen) atoms. The van der Waals surface area contributed by atoms with Gasteiger partial charge in [0.05, 0.1) is 0 Å². The van der Waals surface area contributed by atoms with Gasteiger partial charge in [0.25, 0.3) is 5.56 Å². The predicted octanol–water partition coefficient (Wildman–Crippen LogP) is 3.99. The minimum Gasteiger partial charge on any atom is -0.326 e. The van der Waals surface area contributed by atoms with E-state index in [0.29, 0.717) is 18.1 Å². The topological polar surface area (TPSA) is 88.9 Å². The second-order valence-electron chi connectivity index (χ2n) is 6.84. The van der Waals surface area contributed by atoms with E-state index in [-0.39, 0.29) is 11.5 Å². The normalized spacial score (nSPS) is 10.8. The van der Waals surface area contributed by atoms with Crippen LogP contribution in [0.3, 0.4) is 0 Å². The third kappa shape index (κ3) is 4.54. The van der Waals surface area contributed by atoms with Crippen molar-refractivity contribution in [3.63, 3.8) is 0 Å². The second kappa shape index (κ2) is 8.65. The number of nitrogens with zero attached hydrogens (tertiary/aromatic N) is 3. The van der Waals surface area contributed by atoms with Crippen molar-refractivity contribution in [3.05, 3.63) is 52.4 Å². The van der Waals surface area contributed by atoms with Gasteiger partial charge in [0.1, 0.15) is 5.65 Å². The van der Waals surface area contributed by atoms with Crippen molar-refractivity contribution >= 4 is 34.3 Å². The zero-order chi connectivity index (χ0) is 20.1. The van der Waals surface area contributed by atoms with E-state index in [4.69, 9.17) is 0 Å². The predicted molar refractivity (Wildman–Crippen MR) is 112 cm³/mol. The second-order valence-corrected chi connectivity index (χ2v) is 6.84. The van der Waals surface area contributed by atoms with Gasteiger partial charge >= 0.3 is 0 Å². The Morgan fingerprint density at radius 3 is 2.75 bits per heavy atom. The van der Waals surface area contributed by atoms with Crippen molar-refractivity contribution in [2.45, 2.75) is 46.6 Å². The molecule has 0 bridgehead atoms. The lowest BCUT2D eigenvalue weighted by atomic mass is 10.2. The number of anilines is 3. The molecule has 2 aromatic heterocycles. The lowest BCUT2D eigenvalue weighted by Crippen LogP contribution is -2.20. The van der Waals surface area contributed by atoms with Gasteiger partial charge < -0.3 is 10.6 Å². The average molecular weight is 379 g/mol. The minimum atomic E-state index is -0.127. The molecule has 3 rings (SSSR count). The number of carbonyl (C=O) groups is 1. The van der Waals surface area contributed by atoms with Crippen LogP contribution in [0.25, 0.3) is 11.0 Å². The van der Waals surface area contributed by atoms with Gasteiger partial charge in [0.15, 0.2) is 0 Å². The van der Waals surface area contributed by atoms with Crippen molar-refractivity contribution in [1.82, 2.24) is 14.5 Å². The van der Waals surface area contributed by atoms with E-state index in [1.54, 1.807) is 22.9 Å². The van der Waals surface area contributed by atoms with Crippen LogP contribution in [0.5, 0.6) is 0 Å². The van der Waals surface area contributed by atoms with Crippen LogP contribution in [0.15, 0.2) is 41.3 Å². The molecule has 0 spiro atoms. The highest BCUT2D eigenvalue weighted by atomic mass is 16.1. The zero-order valence-corrected chi connectivity index (χ0v) is 16.5. The maximum Gasteiger partial charge on any atom is 0.252 e. The van der Waals surface area contributed by atoms with Crippen LogP contribution < -0.4 is 16.2 Å². The summed E-state index contributed by atoms with van der Waals surface area (Å²) in [6.07, 6.45) is 4.79. The van der Waals surface area contributed by atoms with Crippen molar-refractivity contribution in [2.75, 3.05) is 10.6 Å². The number of pyridine rings is 1. The smallest absolute Gasteiger partial charge is 0.252 e. The maximum absolute atomic E-state index is 12.3. The van der Waals surface area contributed by atoms with E-state index in [9.17, 15) is 9.59 Å². The number of fused-ring (bicyclic) bond motifs is 1. The van der Waals surface area contributed by atoms with Crippen molar-refractivity contribution in [3.8, 4) is 0 Å². The molecule has 146 valence electrons. The summed E-state index contributed by atoms with van der Waals surface area (Å²) in [4.78, 5) is 32.6. The number of benzene rings is 1. The van der Waals surface area contributed by atoms with Crippen molar-refractivity contribution in [1.29, 1.82) is 0 Å². The molecule has 0 aliphatic carbocycles. The van der Waals surface area contributed by atoms with E-state index < -0.39 is 0 Å². The molecular weight excluding hydrogens is 354 g/mol. The first-order valence-electron chi connectivity index (χ1n) is 9.50. The van der Waals surface area contributed by atoms with E-state index in [1.807, 2.05) is 25.1 Å². The molecule has 0 saturated heterocycles. The Morgan fingerprint density at radius 2 is 2.00 bits per heavy atom. The lowest BCUT2D eigenvalue weighted by molar-refractivity contribution is -0.114. The maximum atomic E-state index is 12.3. The van der Waals surface area contributed by atoms with Gasteiger partial charge in [-0.15, -0.1) is 0 Å². The van der Waals surface area contributed by atoms with Gasteiger partial charge in [-0.25, -0.2) is 4.98 Å². The van der Waals surface area contributed by atoms with E-state index in [2.05, 4.69) is 27.5 Å². The SMILES string of the molecule is CCCCCn1c(=O)ccc2cnc(Nc3ccc(C)c(NC(C)=O)c3)nc21. The standard InChI is InChI=1S/C21H25N5O2/c1-4-5-6-11-26-19(28)10-8-16-13-22-21(25-20(16)26)24-17-9-7-14(2)18(12-17)23-15(3)27/h7-10,12-13H,4-6,11H2,1-3H3,(H,23,27)(H,22,24,25). The van der Waals surface area contributed by atoms with Gasteiger partial charge in [0, 0.05) is 42.5 Å². The zero-order valence-electron chi connectivity index (χ0n) is 16.5. The van der Waals surface area contributed by atoms with E-state index in [0.717, 1.165) is 41.6 Å². The number of carbonyl (C=O) groups excluding carboxylic acids is 1. The molecule has 7 heteroatoms. The first-order chi connectivity index (χ1) is 13.5. The van der Waals surface area contributed by atoms with Crippen LogP contribution >= 0.6 is 0 Å². The monoisotopic (exact) mass is 379 g/mol. The number of aryl methyl sites for hydroxylation is 2. The fourth-order valence-corrected chi connectivity index (χ4v) is 3.02. The molecule has 3 aromatic rings. The summed E-state index contributed by atoms with van der Waals surface area (Å²) in [5.41, 5.74) is 3.01. The highest BCUT2D eigenvalue weighted by Gasteiger charge is 2.08. The van der Waals surface area contributed by atoms with E-state index in [1.165, 1.54) is 6.92 Å². The third-order valence-corrected chi connectivity index (χ3v) is 4.51. The molecule has 0 fully saturated rings.